The minimum Gasteiger partial charge on any atom is -0.294 e. The minimum absolute atomic E-state index is 0.591. The molecule has 0 amide bonds. The van der Waals surface area contributed by atoms with Gasteiger partial charge in [0.2, 0.25) is 5.95 Å². The molecule has 0 aliphatic rings. The molecule has 416 valence electrons. The van der Waals surface area contributed by atoms with E-state index in [0.717, 1.165) is 89.2 Å². The van der Waals surface area contributed by atoms with Gasteiger partial charge in [-0.05, 0) is 69.3 Å². The van der Waals surface area contributed by atoms with E-state index in [9.17, 15) is 0 Å². The van der Waals surface area contributed by atoms with Gasteiger partial charge in [-0.1, -0.05) is 255 Å². The SMILES string of the molecule is c1ccc([Si](c2ccccc2)(c2cccc(-c3cc(-n4c5ccccc5c5ccccc54)nc(-n4c5ccccc5c5ccccc54)n3)c2)c2cccc(-c3nc(-n4c5ccccc5c5ccccc54)cc(-n4c5ccccc5c5ccccc54)n3)c2)cc1. The number of benzene rings is 12. The molecule has 0 aliphatic heterocycles. The summed E-state index contributed by atoms with van der Waals surface area (Å²) >= 11 is 0. The molecule has 0 atom stereocenters. The van der Waals surface area contributed by atoms with Crippen molar-refractivity contribution in [2.75, 3.05) is 0 Å². The van der Waals surface area contributed by atoms with Crippen LogP contribution in [-0.4, -0.2) is 46.3 Å². The third kappa shape index (κ3) is 7.79. The number of hydrogen-bond donors (Lipinski definition) is 0. The summed E-state index contributed by atoms with van der Waals surface area (Å²) in [6.07, 6.45) is 0. The maximum absolute atomic E-state index is 5.68. The Morgan fingerprint density at radius 2 is 0.506 bits per heavy atom. The van der Waals surface area contributed by atoms with E-state index in [-0.39, 0.29) is 0 Å². The van der Waals surface area contributed by atoms with Crippen molar-refractivity contribution in [1.82, 2.24) is 38.2 Å². The molecule has 0 bridgehead atoms. The van der Waals surface area contributed by atoms with Crippen LogP contribution in [0.5, 0.6) is 0 Å². The van der Waals surface area contributed by atoms with Crippen LogP contribution in [0.3, 0.4) is 0 Å². The molecule has 0 radical (unpaired) electrons. The summed E-state index contributed by atoms with van der Waals surface area (Å²) in [5.74, 6) is 3.55. The van der Waals surface area contributed by atoms with Crippen molar-refractivity contribution in [3.05, 3.63) is 315 Å². The molecular weight excluding hydrogens is 1100 g/mol. The molecule has 6 heterocycles. The smallest absolute Gasteiger partial charge is 0.237 e. The second-order valence-electron chi connectivity index (χ2n) is 22.9. The third-order valence-corrected chi connectivity index (χ3v) is 22.9. The average molecular weight is 1150 g/mol. The first-order valence-corrected chi connectivity index (χ1v) is 32.2. The van der Waals surface area contributed by atoms with Crippen molar-refractivity contribution in [3.8, 4) is 46.0 Å². The highest BCUT2D eigenvalue weighted by Crippen LogP contribution is 2.38. The molecule has 9 heteroatoms. The van der Waals surface area contributed by atoms with E-state index in [4.69, 9.17) is 19.9 Å². The van der Waals surface area contributed by atoms with Gasteiger partial charge in [-0.25, -0.2) is 15.0 Å². The van der Waals surface area contributed by atoms with E-state index in [1.807, 2.05) is 0 Å². The lowest BCUT2D eigenvalue weighted by molar-refractivity contribution is 0.952. The fraction of sp³-hybridized carbons (Fsp3) is 0. The number of fused-ring (bicyclic) bond motifs is 12. The summed E-state index contributed by atoms with van der Waals surface area (Å²) in [6, 6.07) is 114. The van der Waals surface area contributed by atoms with Gasteiger partial charge in [0.05, 0.1) is 49.8 Å². The lowest BCUT2D eigenvalue weighted by atomic mass is 10.1. The fourth-order valence-electron chi connectivity index (χ4n) is 14.4. The Kier molecular flexibility index (Phi) is 11.5. The first kappa shape index (κ1) is 50.5. The van der Waals surface area contributed by atoms with Crippen LogP contribution in [-0.2, 0) is 0 Å². The Hall–Kier alpha value is -11.8. The summed E-state index contributed by atoms with van der Waals surface area (Å²) in [5, 5.41) is 14.2. The predicted molar refractivity (Wildman–Crippen MR) is 369 cm³/mol. The van der Waals surface area contributed by atoms with E-state index >= 15 is 0 Å². The number of rotatable bonds is 10. The first-order chi connectivity index (χ1) is 44.2. The lowest BCUT2D eigenvalue weighted by Crippen LogP contribution is -2.74. The molecule has 0 unspecified atom stereocenters. The minimum atomic E-state index is -3.31. The van der Waals surface area contributed by atoms with Gasteiger partial charge in [0, 0.05) is 66.3 Å². The number of para-hydroxylation sites is 8. The van der Waals surface area contributed by atoms with Crippen LogP contribution in [0.15, 0.2) is 315 Å². The maximum atomic E-state index is 5.68. The summed E-state index contributed by atoms with van der Waals surface area (Å²) in [7, 11) is -3.31. The van der Waals surface area contributed by atoms with Crippen molar-refractivity contribution in [2.45, 2.75) is 0 Å². The van der Waals surface area contributed by atoms with Crippen LogP contribution < -0.4 is 20.7 Å². The summed E-state index contributed by atoms with van der Waals surface area (Å²) in [6.45, 7) is 0. The lowest BCUT2D eigenvalue weighted by Gasteiger charge is -2.35. The van der Waals surface area contributed by atoms with Crippen LogP contribution in [0.25, 0.3) is 133 Å². The van der Waals surface area contributed by atoms with Gasteiger partial charge in [-0.2, -0.15) is 4.98 Å². The van der Waals surface area contributed by atoms with Crippen LogP contribution in [0.4, 0.5) is 0 Å². The van der Waals surface area contributed by atoms with Crippen LogP contribution in [0, 0.1) is 0 Å². The molecule has 12 aromatic carbocycles. The Bertz CT molecular complexity index is 5000. The Morgan fingerprint density at radius 1 is 0.213 bits per heavy atom. The Labute approximate surface area is 512 Å². The van der Waals surface area contributed by atoms with Crippen molar-refractivity contribution in [1.29, 1.82) is 0 Å². The number of hydrogen-bond acceptors (Lipinski definition) is 4. The molecule has 0 spiro atoms. The average Bonchev–Trinajstić information content (AvgIpc) is 1.86. The van der Waals surface area contributed by atoms with Crippen molar-refractivity contribution >= 4 is 116 Å². The second-order valence-corrected chi connectivity index (χ2v) is 26.8. The number of nitrogens with zero attached hydrogens (tertiary/aromatic N) is 8. The van der Waals surface area contributed by atoms with Crippen LogP contribution in [0.2, 0.25) is 0 Å². The van der Waals surface area contributed by atoms with Crippen molar-refractivity contribution < 1.29 is 0 Å². The van der Waals surface area contributed by atoms with Gasteiger partial charge in [0.15, 0.2) is 13.9 Å². The van der Waals surface area contributed by atoms with Gasteiger partial charge >= 0.3 is 0 Å². The highest BCUT2D eigenvalue weighted by Gasteiger charge is 2.42. The first-order valence-electron chi connectivity index (χ1n) is 30.2. The molecule has 6 aromatic heterocycles. The Balaban J connectivity index is 0.885. The van der Waals surface area contributed by atoms with E-state index in [2.05, 4.69) is 334 Å². The highest BCUT2D eigenvalue weighted by atomic mass is 28.3. The summed E-state index contributed by atoms with van der Waals surface area (Å²) in [4.78, 5) is 22.7. The maximum Gasteiger partial charge on any atom is 0.237 e. The molecule has 89 heavy (non-hydrogen) atoms. The highest BCUT2D eigenvalue weighted by molar-refractivity contribution is 7.20. The topological polar surface area (TPSA) is 71.3 Å². The molecule has 18 aromatic rings. The fourth-order valence-corrected chi connectivity index (χ4v) is 19.2. The molecule has 0 aliphatic carbocycles. The van der Waals surface area contributed by atoms with Gasteiger partial charge in [0.1, 0.15) is 17.5 Å². The zero-order valence-electron chi connectivity index (χ0n) is 48.1. The van der Waals surface area contributed by atoms with Gasteiger partial charge in [0.25, 0.3) is 0 Å². The summed E-state index contributed by atoms with van der Waals surface area (Å²) in [5.41, 5.74) is 11.2. The molecule has 18 rings (SSSR count). The van der Waals surface area contributed by atoms with Crippen LogP contribution in [0.1, 0.15) is 0 Å². The van der Waals surface area contributed by atoms with E-state index < -0.39 is 8.07 Å². The zero-order chi connectivity index (χ0) is 58.6. The molecule has 0 fully saturated rings. The van der Waals surface area contributed by atoms with E-state index in [1.165, 1.54) is 53.1 Å². The molecule has 0 saturated carbocycles. The molecule has 0 saturated heterocycles. The van der Waals surface area contributed by atoms with E-state index in [1.54, 1.807) is 0 Å². The monoisotopic (exact) mass is 1150 g/mol. The molecule has 0 N–H and O–H groups in total. The Morgan fingerprint density at radius 3 is 0.876 bits per heavy atom. The standard InChI is InChI=1S/C80H52N8Si/c1-3-27-55(28-4-1)89(56-29-5-2-6-30-56,57-31-23-25-53(49-57)67-51-76(85-68-41-15-7-33-59(68)60-34-8-16-42-69(60)85)84-80(81-67)88-74-47-21-13-39-65(74)66-40-14-22-48-75(66)88)58-32-24-26-54(50-58)79-82-77(86-70-43-17-9-35-61(70)62-36-10-18-44-71(62)86)52-78(83-79)87-72-45-19-11-37-63(72)64-38-12-20-46-73(64)87/h1-52H. The van der Waals surface area contributed by atoms with Gasteiger partial charge in [-0.3, -0.25) is 18.3 Å². The van der Waals surface area contributed by atoms with Crippen molar-refractivity contribution in [2.24, 2.45) is 0 Å². The van der Waals surface area contributed by atoms with Crippen LogP contribution >= 0.6 is 0 Å². The molecule has 8 nitrogen and oxygen atoms in total. The quantitative estimate of drug-likeness (QED) is 0.101. The van der Waals surface area contributed by atoms with Gasteiger partial charge in [-0.15, -0.1) is 0 Å². The third-order valence-electron chi connectivity index (χ3n) is 18.2. The van der Waals surface area contributed by atoms with Gasteiger partial charge < -0.3 is 0 Å². The summed E-state index contributed by atoms with van der Waals surface area (Å²) < 4.78 is 9.16. The second kappa shape index (κ2) is 20.2. The molecular formula is C80H52N8Si. The zero-order valence-corrected chi connectivity index (χ0v) is 49.1. The van der Waals surface area contributed by atoms with Crippen molar-refractivity contribution in [3.63, 3.8) is 0 Å². The largest absolute Gasteiger partial charge is 0.294 e. The number of aromatic nitrogens is 8. The predicted octanol–water partition coefficient (Wildman–Crippen LogP) is 16.4. The normalized spacial score (nSPS) is 12.0. The van der Waals surface area contributed by atoms with E-state index in [0.29, 0.717) is 11.8 Å².